The molecule has 1 aromatic rings. The molecule has 0 saturated heterocycles. The third kappa shape index (κ3) is 5.58. The van der Waals surface area contributed by atoms with E-state index in [1.165, 1.54) is 12.6 Å². The van der Waals surface area contributed by atoms with Crippen molar-refractivity contribution in [3.63, 3.8) is 0 Å². The molecule has 0 atom stereocenters. The lowest BCUT2D eigenvalue weighted by atomic mass is 9.95. The molecule has 0 aliphatic heterocycles. The van der Waals surface area contributed by atoms with Crippen LogP contribution in [0.4, 0.5) is 18.0 Å². The average molecular weight is 345 g/mol. The average Bonchev–Trinajstić information content (AvgIpc) is 2.58. The van der Waals surface area contributed by atoms with Crippen LogP contribution in [0.25, 0.3) is 0 Å². The molecule has 0 aromatic carbocycles. The van der Waals surface area contributed by atoms with Gasteiger partial charge in [0.05, 0.1) is 0 Å². The minimum atomic E-state index is -4.43. The molecule has 134 valence electrons. The molecule has 5 nitrogen and oxygen atoms in total. The van der Waals surface area contributed by atoms with Gasteiger partial charge in [-0.2, -0.15) is 13.2 Å². The van der Waals surface area contributed by atoms with Gasteiger partial charge in [-0.05, 0) is 18.9 Å². The lowest BCUT2D eigenvalue weighted by molar-refractivity contribution is -0.154. The summed E-state index contributed by atoms with van der Waals surface area (Å²) in [6.45, 7) is -1.34. The first kappa shape index (κ1) is 18.4. The van der Waals surface area contributed by atoms with Crippen LogP contribution in [-0.4, -0.2) is 41.8 Å². The van der Waals surface area contributed by atoms with E-state index in [2.05, 4.69) is 10.3 Å². The molecule has 2 rings (SSSR count). The zero-order chi connectivity index (χ0) is 17.6. The highest BCUT2D eigenvalue weighted by atomic mass is 19.4. The summed E-state index contributed by atoms with van der Waals surface area (Å²) in [5.41, 5.74) is 0.409. The molecular weight excluding hydrogens is 323 g/mol. The lowest BCUT2D eigenvalue weighted by Gasteiger charge is -2.31. The second-order valence-electron chi connectivity index (χ2n) is 5.93. The molecule has 1 aliphatic carbocycles. The van der Waals surface area contributed by atoms with Crippen LogP contribution in [0.1, 0.15) is 37.7 Å². The highest BCUT2D eigenvalue weighted by Crippen LogP contribution is 2.22. The minimum absolute atomic E-state index is 0.0664. The number of hydrogen-bond acceptors (Lipinski definition) is 3. The molecule has 1 aromatic heterocycles. The molecule has 0 unspecified atom stereocenters. The molecule has 1 heterocycles. The second-order valence-corrected chi connectivity index (χ2v) is 5.93. The molecule has 1 saturated carbocycles. The van der Waals surface area contributed by atoms with Gasteiger partial charge in [-0.3, -0.25) is 0 Å². The van der Waals surface area contributed by atoms with E-state index in [4.69, 9.17) is 4.74 Å². The number of nitrogens with zero attached hydrogens (tertiary/aromatic N) is 2. The number of halogens is 3. The first-order chi connectivity index (χ1) is 11.4. The van der Waals surface area contributed by atoms with E-state index in [9.17, 15) is 18.0 Å². The van der Waals surface area contributed by atoms with Crippen molar-refractivity contribution in [2.45, 2.75) is 50.9 Å². The van der Waals surface area contributed by atoms with Gasteiger partial charge in [0.15, 0.2) is 6.61 Å². The van der Waals surface area contributed by atoms with Crippen molar-refractivity contribution in [2.24, 2.45) is 0 Å². The minimum Gasteiger partial charge on any atom is -0.468 e. The monoisotopic (exact) mass is 345 g/mol. The van der Waals surface area contributed by atoms with Gasteiger partial charge in [0.1, 0.15) is 0 Å². The standard InChI is InChI=1S/C16H22F3N3O2/c1-22(13-7-3-2-4-8-13)15(23)21-10-12-6-5-9-20-14(12)24-11-16(17,18)19/h5-6,9,13H,2-4,7-8,10-11H2,1H3,(H,21,23). The Labute approximate surface area is 139 Å². The Morgan fingerprint density at radius 2 is 2.08 bits per heavy atom. The third-order valence-electron chi connectivity index (χ3n) is 4.10. The first-order valence-electron chi connectivity index (χ1n) is 8.01. The van der Waals surface area contributed by atoms with Crippen molar-refractivity contribution < 1.29 is 22.7 Å². The summed E-state index contributed by atoms with van der Waals surface area (Å²) in [5, 5.41) is 2.72. The topological polar surface area (TPSA) is 54.5 Å². The number of alkyl halides is 3. The van der Waals surface area contributed by atoms with Crippen LogP contribution < -0.4 is 10.1 Å². The van der Waals surface area contributed by atoms with Gasteiger partial charge in [0.25, 0.3) is 0 Å². The van der Waals surface area contributed by atoms with Gasteiger partial charge >= 0.3 is 12.2 Å². The van der Waals surface area contributed by atoms with E-state index in [1.54, 1.807) is 24.1 Å². The molecule has 2 amide bonds. The summed E-state index contributed by atoms with van der Waals surface area (Å²) in [5.74, 6) is -0.115. The third-order valence-corrected chi connectivity index (χ3v) is 4.10. The van der Waals surface area contributed by atoms with E-state index in [1.807, 2.05) is 0 Å². The smallest absolute Gasteiger partial charge is 0.422 e. The number of rotatable bonds is 5. The largest absolute Gasteiger partial charge is 0.468 e. The Balaban J connectivity index is 1.90. The van der Waals surface area contributed by atoms with Crippen LogP contribution in [0.2, 0.25) is 0 Å². The summed E-state index contributed by atoms with van der Waals surface area (Å²) in [6, 6.07) is 3.15. The quantitative estimate of drug-likeness (QED) is 0.889. The SMILES string of the molecule is CN(C(=O)NCc1cccnc1OCC(F)(F)F)C1CCCCC1. The summed E-state index contributed by atoms with van der Waals surface area (Å²) < 4.78 is 41.5. The number of amides is 2. The van der Waals surface area contributed by atoms with Crippen LogP contribution in [0.3, 0.4) is 0 Å². The number of carbonyl (C=O) groups excluding carboxylic acids is 1. The molecule has 24 heavy (non-hydrogen) atoms. The van der Waals surface area contributed by atoms with E-state index in [-0.39, 0.29) is 24.5 Å². The van der Waals surface area contributed by atoms with Gasteiger partial charge in [-0.1, -0.05) is 25.3 Å². The number of hydrogen-bond donors (Lipinski definition) is 1. The van der Waals surface area contributed by atoms with E-state index >= 15 is 0 Å². The fraction of sp³-hybridized carbons (Fsp3) is 0.625. The van der Waals surface area contributed by atoms with Gasteiger partial charge in [-0.25, -0.2) is 9.78 Å². The summed E-state index contributed by atoms with van der Waals surface area (Å²) >= 11 is 0. The zero-order valence-corrected chi connectivity index (χ0v) is 13.6. The Morgan fingerprint density at radius 3 is 2.75 bits per heavy atom. The highest BCUT2D eigenvalue weighted by Gasteiger charge is 2.29. The number of aromatic nitrogens is 1. The Kier molecular flexibility index (Phi) is 6.28. The Bertz CT molecular complexity index is 546. The number of ether oxygens (including phenoxy) is 1. The summed E-state index contributed by atoms with van der Waals surface area (Å²) in [4.78, 5) is 17.7. The Morgan fingerprint density at radius 1 is 1.38 bits per heavy atom. The Hall–Kier alpha value is -1.99. The molecule has 1 N–H and O–H groups in total. The van der Waals surface area contributed by atoms with Gasteiger partial charge < -0.3 is 15.0 Å². The molecule has 1 aliphatic rings. The fourth-order valence-corrected chi connectivity index (χ4v) is 2.77. The van der Waals surface area contributed by atoms with Crippen LogP contribution in [0.15, 0.2) is 18.3 Å². The fourth-order valence-electron chi connectivity index (χ4n) is 2.77. The normalized spacial score (nSPS) is 15.8. The van der Waals surface area contributed by atoms with Crippen LogP contribution in [0.5, 0.6) is 5.88 Å². The molecular formula is C16H22F3N3O2. The predicted molar refractivity (Wildman–Crippen MR) is 82.7 cm³/mol. The van der Waals surface area contributed by atoms with Crippen LogP contribution >= 0.6 is 0 Å². The van der Waals surface area contributed by atoms with Crippen molar-refractivity contribution in [3.05, 3.63) is 23.9 Å². The number of nitrogens with one attached hydrogen (secondary N) is 1. The maximum absolute atomic E-state index is 12.3. The molecule has 8 heteroatoms. The first-order valence-corrected chi connectivity index (χ1v) is 8.01. The summed E-state index contributed by atoms with van der Waals surface area (Å²) in [7, 11) is 1.75. The zero-order valence-electron chi connectivity index (χ0n) is 13.6. The van der Waals surface area contributed by atoms with Gasteiger partial charge in [0.2, 0.25) is 5.88 Å². The second kappa shape index (κ2) is 8.21. The lowest BCUT2D eigenvalue weighted by Crippen LogP contribution is -2.44. The van der Waals surface area contributed by atoms with Crippen molar-refractivity contribution >= 4 is 6.03 Å². The van der Waals surface area contributed by atoms with Crippen molar-refractivity contribution in [3.8, 4) is 5.88 Å². The molecule has 0 bridgehead atoms. The van der Waals surface area contributed by atoms with Crippen LogP contribution in [-0.2, 0) is 6.54 Å². The van der Waals surface area contributed by atoms with E-state index in [0.717, 1.165) is 25.7 Å². The molecule has 0 radical (unpaired) electrons. The maximum atomic E-state index is 12.3. The predicted octanol–water partition coefficient (Wildman–Crippen LogP) is 3.50. The van der Waals surface area contributed by atoms with Crippen molar-refractivity contribution in [2.75, 3.05) is 13.7 Å². The van der Waals surface area contributed by atoms with Crippen molar-refractivity contribution in [1.82, 2.24) is 15.2 Å². The van der Waals surface area contributed by atoms with Gasteiger partial charge in [0, 0.05) is 31.4 Å². The highest BCUT2D eigenvalue weighted by molar-refractivity contribution is 5.74. The molecule has 1 fully saturated rings. The van der Waals surface area contributed by atoms with Crippen molar-refractivity contribution in [1.29, 1.82) is 0 Å². The molecule has 0 spiro atoms. The van der Waals surface area contributed by atoms with Crippen LogP contribution in [0, 0.1) is 0 Å². The number of pyridine rings is 1. The number of urea groups is 1. The van der Waals surface area contributed by atoms with E-state index in [0.29, 0.717) is 5.56 Å². The number of carbonyl (C=O) groups is 1. The van der Waals surface area contributed by atoms with E-state index < -0.39 is 12.8 Å². The van der Waals surface area contributed by atoms with Gasteiger partial charge in [-0.15, -0.1) is 0 Å². The maximum Gasteiger partial charge on any atom is 0.422 e. The summed E-state index contributed by atoms with van der Waals surface area (Å²) in [6.07, 6.45) is 2.31.